The number of aryl methyl sites for hydroxylation is 1. The van der Waals surface area contributed by atoms with Crippen molar-refractivity contribution in [2.45, 2.75) is 39.0 Å². The molecule has 0 saturated carbocycles. The van der Waals surface area contributed by atoms with Gasteiger partial charge in [-0.15, -0.1) is 11.3 Å². The van der Waals surface area contributed by atoms with Gasteiger partial charge < -0.3 is 21.1 Å². The average molecular weight is 390 g/mol. The van der Waals surface area contributed by atoms with Crippen LogP contribution >= 0.6 is 23.6 Å². The van der Waals surface area contributed by atoms with Crippen LogP contribution in [-0.2, 0) is 11.2 Å². The maximum atomic E-state index is 12.6. The molecule has 26 heavy (non-hydrogen) atoms. The second kappa shape index (κ2) is 8.05. The zero-order chi connectivity index (χ0) is 18.7. The fraction of sp³-hybridized carbons (Fsp3) is 0.368. The molecule has 0 saturated heterocycles. The first-order valence-corrected chi connectivity index (χ1v) is 9.98. The largest absolute Gasteiger partial charge is 0.462 e. The molecule has 1 aromatic heterocycles. The van der Waals surface area contributed by atoms with Gasteiger partial charge in [0, 0.05) is 16.3 Å². The van der Waals surface area contributed by atoms with Crippen molar-refractivity contribution in [1.82, 2.24) is 0 Å². The summed E-state index contributed by atoms with van der Waals surface area (Å²) in [4.78, 5) is 13.8. The van der Waals surface area contributed by atoms with Crippen molar-refractivity contribution >= 4 is 51.0 Å². The number of esters is 1. The van der Waals surface area contributed by atoms with Gasteiger partial charge in [-0.2, -0.15) is 0 Å². The molecule has 1 aliphatic carbocycles. The molecule has 0 spiro atoms. The fourth-order valence-corrected chi connectivity index (χ4v) is 4.88. The van der Waals surface area contributed by atoms with Crippen molar-refractivity contribution < 1.29 is 9.53 Å². The van der Waals surface area contributed by atoms with Gasteiger partial charge in [-0.25, -0.2) is 4.79 Å². The molecule has 4 N–H and O–H groups in total. The van der Waals surface area contributed by atoms with E-state index in [-0.39, 0.29) is 5.97 Å². The summed E-state index contributed by atoms with van der Waals surface area (Å²) >= 11 is 7.03. The number of rotatable bonds is 4. The van der Waals surface area contributed by atoms with E-state index < -0.39 is 0 Å². The first-order chi connectivity index (χ1) is 12.5. The summed E-state index contributed by atoms with van der Waals surface area (Å²) in [5.41, 5.74) is 9.00. The van der Waals surface area contributed by atoms with Gasteiger partial charge in [-0.05, 0) is 74.2 Å². The highest BCUT2D eigenvalue weighted by atomic mass is 32.1. The first-order valence-electron chi connectivity index (χ1n) is 8.75. The Balaban J connectivity index is 1.85. The molecule has 1 atom stereocenters. The average Bonchev–Trinajstić information content (AvgIpc) is 2.96. The quantitative estimate of drug-likeness (QED) is 0.398. The van der Waals surface area contributed by atoms with Crippen LogP contribution in [0, 0.1) is 0 Å². The van der Waals surface area contributed by atoms with E-state index in [0.29, 0.717) is 28.9 Å². The monoisotopic (exact) mass is 389 g/mol. The van der Waals surface area contributed by atoms with Gasteiger partial charge in [0.1, 0.15) is 5.00 Å². The van der Waals surface area contributed by atoms with E-state index in [1.807, 2.05) is 19.1 Å². The van der Waals surface area contributed by atoms with Crippen LogP contribution < -0.4 is 16.4 Å². The summed E-state index contributed by atoms with van der Waals surface area (Å²) in [6.07, 6.45) is 3.23. The predicted octanol–water partition coefficient (Wildman–Crippen LogP) is 4.76. The van der Waals surface area contributed by atoms with Crippen molar-refractivity contribution in [3.63, 3.8) is 0 Å². The van der Waals surface area contributed by atoms with E-state index in [0.717, 1.165) is 35.5 Å². The number of benzene rings is 1. The van der Waals surface area contributed by atoms with E-state index in [1.54, 1.807) is 23.5 Å². The van der Waals surface area contributed by atoms with Crippen LogP contribution in [0.1, 0.15) is 53.4 Å². The summed E-state index contributed by atoms with van der Waals surface area (Å²) in [6, 6.07) is 7.33. The summed E-state index contributed by atoms with van der Waals surface area (Å²) in [7, 11) is 0. The highest BCUT2D eigenvalue weighted by Crippen LogP contribution is 2.43. The summed E-state index contributed by atoms with van der Waals surface area (Å²) in [5, 5.41) is 7.52. The standard InChI is InChI=1S/C19H23N3O2S2/c1-3-24-18(23)16-15-11(2)5-4-6-14(15)26-17(16)22-19(25)21-13-9-7-12(20)8-10-13/h7-11H,3-6,20H2,1-2H3,(H2,21,22,25). The number of anilines is 3. The molecular weight excluding hydrogens is 366 g/mol. The third-order valence-electron chi connectivity index (χ3n) is 4.43. The van der Waals surface area contributed by atoms with Gasteiger partial charge in [0.05, 0.1) is 12.2 Å². The minimum atomic E-state index is -0.281. The van der Waals surface area contributed by atoms with Gasteiger partial charge >= 0.3 is 5.97 Å². The zero-order valence-corrected chi connectivity index (χ0v) is 16.6. The van der Waals surface area contributed by atoms with Crippen molar-refractivity contribution in [1.29, 1.82) is 0 Å². The third kappa shape index (κ3) is 3.99. The smallest absolute Gasteiger partial charge is 0.341 e. The van der Waals surface area contributed by atoms with E-state index in [1.165, 1.54) is 4.88 Å². The van der Waals surface area contributed by atoms with Crippen molar-refractivity contribution in [2.75, 3.05) is 23.0 Å². The summed E-state index contributed by atoms with van der Waals surface area (Å²) in [5.74, 6) is 0.0696. The van der Waals surface area contributed by atoms with E-state index in [2.05, 4.69) is 17.6 Å². The minimum Gasteiger partial charge on any atom is -0.462 e. The Kier molecular flexibility index (Phi) is 5.78. The van der Waals surface area contributed by atoms with Crippen molar-refractivity contribution in [3.8, 4) is 0 Å². The number of ether oxygens (including phenoxy) is 1. The highest BCUT2D eigenvalue weighted by Gasteiger charge is 2.30. The Morgan fingerprint density at radius 2 is 2.08 bits per heavy atom. The van der Waals surface area contributed by atoms with E-state index >= 15 is 0 Å². The molecule has 0 fully saturated rings. The number of carbonyl (C=O) groups is 1. The number of thiophene rings is 1. The number of thiocarbonyl (C=S) groups is 1. The van der Waals surface area contributed by atoms with Gasteiger partial charge in [0.25, 0.3) is 0 Å². The Morgan fingerprint density at radius 3 is 2.77 bits per heavy atom. The number of carbonyl (C=O) groups excluding carboxylic acids is 1. The molecule has 7 heteroatoms. The molecule has 0 bridgehead atoms. The second-order valence-electron chi connectivity index (χ2n) is 6.36. The number of nitrogens with two attached hydrogens (primary N) is 1. The van der Waals surface area contributed by atoms with Crippen LogP contribution in [0.3, 0.4) is 0 Å². The van der Waals surface area contributed by atoms with Gasteiger partial charge in [0.15, 0.2) is 5.11 Å². The Bertz CT molecular complexity index is 815. The molecular formula is C19H23N3O2S2. The normalized spacial score (nSPS) is 15.8. The topological polar surface area (TPSA) is 76.4 Å². The van der Waals surface area contributed by atoms with Crippen molar-refractivity contribution in [2.24, 2.45) is 0 Å². The summed E-state index contributed by atoms with van der Waals surface area (Å²) < 4.78 is 5.30. The lowest BCUT2D eigenvalue weighted by Gasteiger charge is -2.19. The lowest BCUT2D eigenvalue weighted by molar-refractivity contribution is 0.0526. The third-order valence-corrected chi connectivity index (χ3v) is 5.82. The number of hydrogen-bond acceptors (Lipinski definition) is 5. The molecule has 1 heterocycles. The van der Waals surface area contributed by atoms with Gasteiger partial charge in [-0.3, -0.25) is 0 Å². The Hall–Kier alpha value is -2.12. The maximum Gasteiger partial charge on any atom is 0.341 e. The summed E-state index contributed by atoms with van der Waals surface area (Å²) in [6.45, 7) is 4.34. The second-order valence-corrected chi connectivity index (χ2v) is 7.87. The minimum absolute atomic E-state index is 0.281. The van der Waals surface area contributed by atoms with Crippen LogP contribution in [0.5, 0.6) is 0 Å². The van der Waals surface area contributed by atoms with Gasteiger partial charge in [-0.1, -0.05) is 6.92 Å². The SMILES string of the molecule is CCOC(=O)c1c(NC(=S)Nc2ccc(N)cc2)sc2c1C(C)CCC2. The van der Waals surface area contributed by atoms with Crippen molar-refractivity contribution in [3.05, 3.63) is 40.3 Å². The number of nitrogens with one attached hydrogen (secondary N) is 2. The molecule has 138 valence electrons. The van der Waals surface area contributed by atoms with Crippen LogP contribution in [0.2, 0.25) is 0 Å². The molecule has 1 unspecified atom stereocenters. The molecule has 1 aromatic carbocycles. The first kappa shape index (κ1) is 18.7. The lowest BCUT2D eigenvalue weighted by atomic mass is 9.86. The Labute approximate surface area is 162 Å². The van der Waals surface area contributed by atoms with Gasteiger partial charge in [0.2, 0.25) is 0 Å². The predicted molar refractivity (Wildman–Crippen MR) is 112 cm³/mol. The molecule has 0 amide bonds. The maximum absolute atomic E-state index is 12.6. The number of fused-ring (bicyclic) bond motifs is 1. The fourth-order valence-electron chi connectivity index (χ4n) is 3.24. The molecule has 2 aromatic rings. The van der Waals surface area contributed by atoms with Crippen LogP contribution in [0.15, 0.2) is 24.3 Å². The van der Waals surface area contributed by atoms with Crippen LogP contribution in [0.4, 0.5) is 16.4 Å². The van der Waals surface area contributed by atoms with Crippen LogP contribution in [0.25, 0.3) is 0 Å². The van der Waals surface area contributed by atoms with E-state index in [4.69, 9.17) is 22.7 Å². The molecule has 5 nitrogen and oxygen atoms in total. The molecule has 1 aliphatic rings. The lowest BCUT2D eigenvalue weighted by Crippen LogP contribution is -2.20. The molecule has 3 rings (SSSR count). The number of nitrogen functional groups attached to an aromatic ring is 1. The van der Waals surface area contributed by atoms with E-state index in [9.17, 15) is 4.79 Å². The zero-order valence-electron chi connectivity index (χ0n) is 14.9. The highest BCUT2D eigenvalue weighted by molar-refractivity contribution is 7.80. The molecule has 0 aliphatic heterocycles. The van der Waals surface area contributed by atoms with Crippen LogP contribution in [-0.4, -0.2) is 17.7 Å². The molecule has 0 radical (unpaired) electrons. The number of hydrogen-bond donors (Lipinski definition) is 3. The Morgan fingerprint density at radius 1 is 1.35 bits per heavy atom.